The highest BCUT2D eigenvalue weighted by molar-refractivity contribution is 7.89. The third-order valence-electron chi connectivity index (χ3n) is 3.70. The van der Waals surface area contributed by atoms with Crippen molar-refractivity contribution in [3.8, 4) is 0 Å². The molecular weight excluding hydrogens is 288 g/mol. The highest BCUT2D eigenvalue weighted by Crippen LogP contribution is 2.24. The van der Waals surface area contributed by atoms with Gasteiger partial charge in [-0.25, -0.2) is 13.1 Å². The summed E-state index contributed by atoms with van der Waals surface area (Å²) in [6.07, 6.45) is 1.65. The summed E-state index contributed by atoms with van der Waals surface area (Å²) in [5, 5.41) is 9.74. The van der Waals surface area contributed by atoms with Crippen molar-refractivity contribution in [1.29, 1.82) is 0 Å². The standard InChI is InChI=1S/C15H20N2O3S/c1-10-6-7-14(13-5-4-8-16-15(10)13)21(19,20)17-12(3)11(2)9-18/h4-8,11-12,17-18H,9H2,1-3H3. The molecule has 1 aromatic heterocycles. The molecule has 0 aliphatic carbocycles. The lowest BCUT2D eigenvalue weighted by molar-refractivity contribution is 0.216. The van der Waals surface area contributed by atoms with Gasteiger partial charge in [-0.1, -0.05) is 13.0 Å². The van der Waals surface area contributed by atoms with Crippen molar-refractivity contribution in [3.05, 3.63) is 36.0 Å². The molecule has 6 heteroatoms. The molecule has 2 N–H and O–H groups in total. The van der Waals surface area contributed by atoms with Crippen molar-refractivity contribution >= 4 is 20.9 Å². The largest absolute Gasteiger partial charge is 0.396 e. The van der Waals surface area contributed by atoms with Gasteiger partial charge in [-0.2, -0.15) is 0 Å². The van der Waals surface area contributed by atoms with Crippen molar-refractivity contribution in [2.24, 2.45) is 5.92 Å². The van der Waals surface area contributed by atoms with E-state index >= 15 is 0 Å². The number of aryl methyl sites for hydroxylation is 1. The Bertz CT molecular complexity index is 744. The van der Waals surface area contributed by atoms with Crippen molar-refractivity contribution < 1.29 is 13.5 Å². The molecule has 2 aromatic rings. The van der Waals surface area contributed by atoms with Gasteiger partial charge in [0.25, 0.3) is 0 Å². The maximum Gasteiger partial charge on any atom is 0.241 e. The van der Waals surface area contributed by atoms with Gasteiger partial charge in [-0.3, -0.25) is 4.98 Å². The number of aliphatic hydroxyl groups excluding tert-OH is 1. The first-order chi connectivity index (χ1) is 9.86. The summed E-state index contributed by atoms with van der Waals surface area (Å²) < 4.78 is 27.8. The lowest BCUT2D eigenvalue weighted by Gasteiger charge is -2.20. The van der Waals surface area contributed by atoms with Crippen LogP contribution in [0, 0.1) is 12.8 Å². The second-order valence-electron chi connectivity index (χ2n) is 5.35. The Kier molecular flexibility index (Phi) is 4.61. The monoisotopic (exact) mass is 308 g/mol. The number of hydrogen-bond acceptors (Lipinski definition) is 4. The van der Waals surface area contributed by atoms with Crippen LogP contribution in [0.2, 0.25) is 0 Å². The first-order valence-electron chi connectivity index (χ1n) is 6.84. The lowest BCUT2D eigenvalue weighted by atomic mass is 10.1. The Morgan fingerprint density at radius 3 is 2.67 bits per heavy atom. The van der Waals surface area contributed by atoms with Crippen LogP contribution in [0.25, 0.3) is 10.9 Å². The molecule has 1 aromatic carbocycles. The van der Waals surface area contributed by atoms with Crippen LogP contribution < -0.4 is 4.72 Å². The van der Waals surface area contributed by atoms with Crippen LogP contribution in [0.15, 0.2) is 35.4 Å². The predicted molar refractivity (Wildman–Crippen MR) is 82.5 cm³/mol. The zero-order valence-electron chi connectivity index (χ0n) is 12.4. The van der Waals surface area contributed by atoms with Crippen molar-refractivity contribution in [2.45, 2.75) is 31.7 Å². The Hall–Kier alpha value is -1.50. The van der Waals surface area contributed by atoms with Gasteiger partial charge in [0.2, 0.25) is 10.0 Å². The maximum absolute atomic E-state index is 12.6. The number of fused-ring (bicyclic) bond motifs is 1. The second kappa shape index (κ2) is 6.09. The van der Waals surface area contributed by atoms with E-state index in [-0.39, 0.29) is 23.5 Å². The van der Waals surface area contributed by atoms with Crippen molar-refractivity contribution in [2.75, 3.05) is 6.61 Å². The van der Waals surface area contributed by atoms with E-state index < -0.39 is 10.0 Å². The van der Waals surface area contributed by atoms with Gasteiger partial charge in [0.15, 0.2) is 0 Å². The minimum Gasteiger partial charge on any atom is -0.396 e. The average Bonchev–Trinajstić information content (AvgIpc) is 2.46. The van der Waals surface area contributed by atoms with Crippen LogP contribution in [0.5, 0.6) is 0 Å². The number of pyridine rings is 1. The molecule has 0 aliphatic rings. The molecule has 0 radical (unpaired) electrons. The number of aromatic nitrogens is 1. The summed E-state index contributed by atoms with van der Waals surface area (Å²) >= 11 is 0. The zero-order valence-corrected chi connectivity index (χ0v) is 13.2. The second-order valence-corrected chi connectivity index (χ2v) is 7.03. The quantitative estimate of drug-likeness (QED) is 0.883. The number of aliphatic hydroxyl groups is 1. The van der Waals surface area contributed by atoms with Gasteiger partial charge in [0.1, 0.15) is 0 Å². The van der Waals surface area contributed by atoms with Crippen LogP contribution in [-0.2, 0) is 10.0 Å². The highest BCUT2D eigenvalue weighted by atomic mass is 32.2. The molecule has 0 aliphatic heterocycles. The maximum atomic E-state index is 12.6. The smallest absolute Gasteiger partial charge is 0.241 e. The van der Waals surface area contributed by atoms with E-state index in [1.807, 2.05) is 6.92 Å². The summed E-state index contributed by atoms with van der Waals surface area (Å²) in [6.45, 7) is 5.37. The van der Waals surface area contributed by atoms with Crippen molar-refractivity contribution in [3.63, 3.8) is 0 Å². The third-order valence-corrected chi connectivity index (χ3v) is 5.32. The minimum absolute atomic E-state index is 0.0696. The van der Waals surface area contributed by atoms with Gasteiger partial charge in [-0.15, -0.1) is 0 Å². The first-order valence-corrected chi connectivity index (χ1v) is 8.32. The van der Waals surface area contributed by atoms with Gasteiger partial charge >= 0.3 is 0 Å². The molecule has 2 rings (SSSR count). The van der Waals surface area contributed by atoms with Crippen LogP contribution in [-0.4, -0.2) is 31.2 Å². The molecule has 0 saturated carbocycles. The zero-order chi connectivity index (χ0) is 15.6. The number of hydrogen-bond donors (Lipinski definition) is 2. The fourth-order valence-electron chi connectivity index (χ4n) is 2.10. The van der Waals surface area contributed by atoms with Crippen LogP contribution in [0.4, 0.5) is 0 Å². The van der Waals surface area contributed by atoms with E-state index in [0.717, 1.165) is 5.56 Å². The Labute approximate surface area is 125 Å². The minimum atomic E-state index is -3.66. The lowest BCUT2D eigenvalue weighted by Crippen LogP contribution is -2.38. The topological polar surface area (TPSA) is 79.3 Å². The normalized spacial score (nSPS) is 15.0. The summed E-state index contributed by atoms with van der Waals surface area (Å²) in [7, 11) is -3.66. The number of nitrogens with one attached hydrogen (secondary N) is 1. The van der Waals surface area contributed by atoms with E-state index in [1.54, 1.807) is 44.3 Å². The summed E-state index contributed by atoms with van der Waals surface area (Å²) in [4.78, 5) is 4.47. The molecule has 21 heavy (non-hydrogen) atoms. The van der Waals surface area contributed by atoms with Crippen LogP contribution in [0.3, 0.4) is 0 Å². The van der Waals surface area contributed by atoms with E-state index in [2.05, 4.69) is 9.71 Å². The van der Waals surface area contributed by atoms with Crippen LogP contribution >= 0.6 is 0 Å². The molecule has 2 atom stereocenters. The SMILES string of the molecule is Cc1ccc(S(=O)(=O)NC(C)C(C)CO)c2cccnc12. The molecule has 1 heterocycles. The Morgan fingerprint density at radius 2 is 2.00 bits per heavy atom. The Morgan fingerprint density at radius 1 is 1.29 bits per heavy atom. The molecule has 0 bridgehead atoms. The number of nitrogens with zero attached hydrogens (tertiary/aromatic N) is 1. The summed E-state index contributed by atoms with van der Waals surface area (Å²) in [6, 6.07) is 6.47. The van der Waals surface area contributed by atoms with E-state index in [9.17, 15) is 8.42 Å². The highest BCUT2D eigenvalue weighted by Gasteiger charge is 2.23. The number of sulfonamides is 1. The molecule has 0 fully saturated rings. The molecule has 5 nitrogen and oxygen atoms in total. The predicted octanol–water partition coefficient (Wildman–Crippen LogP) is 1.84. The fraction of sp³-hybridized carbons (Fsp3) is 0.400. The molecule has 114 valence electrons. The third kappa shape index (κ3) is 3.23. The Balaban J connectivity index is 2.48. The molecule has 0 amide bonds. The van der Waals surface area contributed by atoms with Crippen LogP contribution in [0.1, 0.15) is 19.4 Å². The summed E-state index contributed by atoms with van der Waals surface area (Å²) in [5.74, 6) is -0.158. The van der Waals surface area contributed by atoms with Gasteiger partial charge in [0, 0.05) is 24.2 Å². The van der Waals surface area contributed by atoms with E-state index in [0.29, 0.717) is 10.9 Å². The molecular formula is C15H20N2O3S. The van der Waals surface area contributed by atoms with Crippen molar-refractivity contribution in [1.82, 2.24) is 9.71 Å². The van der Waals surface area contributed by atoms with E-state index in [1.165, 1.54) is 0 Å². The van der Waals surface area contributed by atoms with Gasteiger partial charge in [0.05, 0.1) is 10.4 Å². The van der Waals surface area contributed by atoms with Gasteiger partial charge in [-0.05, 0) is 43.5 Å². The molecule has 2 unspecified atom stereocenters. The number of rotatable bonds is 5. The fourth-order valence-corrected chi connectivity index (χ4v) is 3.65. The molecule has 0 spiro atoms. The van der Waals surface area contributed by atoms with Gasteiger partial charge < -0.3 is 5.11 Å². The molecule has 0 saturated heterocycles. The summed E-state index contributed by atoms with van der Waals surface area (Å²) in [5.41, 5.74) is 1.62. The number of benzene rings is 1. The average molecular weight is 308 g/mol. The first kappa shape index (κ1) is 15.9. The van der Waals surface area contributed by atoms with E-state index in [4.69, 9.17) is 5.11 Å².